The van der Waals surface area contributed by atoms with E-state index in [1.54, 1.807) is 0 Å². The van der Waals surface area contributed by atoms with Gasteiger partial charge in [0.1, 0.15) is 6.54 Å². The van der Waals surface area contributed by atoms with E-state index in [2.05, 4.69) is 83.7 Å². The van der Waals surface area contributed by atoms with Crippen molar-refractivity contribution in [2.75, 3.05) is 57.8 Å². The minimum Gasteiger partial charge on any atom is -1.00 e. The number of rotatable bonds is 19. The summed E-state index contributed by atoms with van der Waals surface area (Å²) in [5.74, 6) is 0.502. The summed E-state index contributed by atoms with van der Waals surface area (Å²) in [5.41, 5.74) is 6.92. The first-order valence-corrected chi connectivity index (χ1v) is 16.0. The minimum absolute atomic E-state index is 0. The third kappa shape index (κ3) is 11.6. The second kappa shape index (κ2) is 19.3. The van der Waals surface area contributed by atoms with Crippen molar-refractivity contribution in [2.24, 2.45) is 0 Å². The lowest BCUT2D eigenvalue weighted by molar-refractivity contribution is -0.919. The van der Waals surface area contributed by atoms with E-state index in [0.717, 1.165) is 92.5 Å². The van der Waals surface area contributed by atoms with Gasteiger partial charge in [0, 0.05) is 19.2 Å². The second-order valence-electron chi connectivity index (χ2n) is 12.2. The summed E-state index contributed by atoms with van der Waals surface area (Å²) in [5, 5.41) is 0. The first-order valence-electron chi connectivity index (χ1n) is 16.0. The molecule has 42 heavy (non-hydrogen) atoms. The molecule has 0 spiro atoms. The van der Waals surface area contributed by atoms with Crippen LogP contribution in [0.4, 0.5) is 5.69 Å². The lowest BCUT2D eigenvalue weighted by Crippen LogP contribution is -3.00. The maximum absolute atomic E-state index is 13.4. The van der Waals surface area contributed by atoms with Gasteiger partial charge in [0.15, 0.2) is 5.78 Å². The van der Waals surface area contributed by atoms with Gasteiger partial charge in [0.2, 0.25) is 5.91 Å². The maximum Gasteiger partial charge on any atom is 0.240 e. The molecule has 0 aliphatic rings. The molecule has 0 aliphatic carbocycles. The monoisotopic (exact) mass is 643 g/mol. The zero-order chi connectivity index (χ0) is 30.4. The third-order valence-corrected chi connectivity index (χ3v) is 8.88. The van der Waals surface area contributed by atoms with Crippen molar-refractivity contribution in [2.45, 2.75) is 93.4 Å². The number of unbranched alkanes of at least 4 members (excludes halogenated alkanes) is 3. The quantitative estimate of drug-likeness (QED) is 0.170. The molecular weight excluding hydrogens is 586 g/mol. The van der Waals surface area contributed by atoms with Gasteiger partial charge in [-0.05, 0) is 101 Å². The summed E-state index contributed by atoms with van der Waals surface area (Å²) in [7, 11) is 1.91. The first-order chi connectivity index (χ1) is 19.6. The minimum atomic E-state index is 0. The molecule has 6 heteroatoms. The van der Waals surface area contributed by atoms with Gasteiger partial charge in [-0.2, -0.15) is 0 Å². The van der Waals surface area contributed by atoms with Crippen LogP contribution in [0, 0.1) is 27.7 Å². The molecule has 5 nitrogen and oxygen atoms in total. The highest BCUT2D eigenvalue weighted by atomic mass is 79.9. The van der Waals surface area contributed by atoms with Gasteiger partial charge in [0.25, 0.3) is 0 Å². The number of anilines is 1. The summed E-state index contributed by atoms with van der Waals surface area (Å²) in [4.78, 5) is 30.9. The largest absolute Gasteiger partial charge is 1.00 e. The normalized spacial score (nSPS) is 12.6. The number of quaternary nitrogens is 1. The molecule has 0 heterocycles. The lowest BCUT2D eigenvalue weighted by Gasteiger charge is -2.38. The number of amides is 1. The lowest BCUT2D eigenvalue weighted by atomic mass is 9.97. The third-order valence-electron chi connectivity index (χ3n) is 8.88. The van der Waals surface area contributed by atoms with Crippen LogP contribution in [-0.2, 0) is 16.0 Å². The smallest absolute Gasteiger partial charge is 0.240 e. The number of Topliss-reactive ketones (excluding diaryl/α,β-unsaturated/α-hetero) is 1. The predicted octanol–water partition coefficient (Wildman–Crippen LogP) is 4.22. The van der Waals surface area contributed by atoms with Crippen LogP contribution >= 0.6 is 0 Å². The first kappa shape index (κ1) is 38.0. The summed E-state index contributed by atoms with van der Waals surface area (Å²) in [6.45, 7) is 21.1. The van der Waals surface area contributed by atoms with Gasteiger partial charge in [0.05, 0.1) is 26.2 Å². The molecule has 1 amide bonds. The van der Waals surface area contributed by atoms with Gasteiger partial charge in [-0.15, -0.1) is 0 Å². The highest BCUT2D eigenvalue weighted by Gasteiger charge is 2.28. The summed E-state index contributed by atoms with van der Waals surface area (Å²) in [6.07, 6.45) is 7.15. The van der Waals surface area contributed by atoms with E-state index >= 15 is 0 Å². The average Bonchev–Trinajstić information content (AvgIpc) is 2.94. The standard InChI is InChI=1S/C36H58N3O2.BrH/c1-9-12-22-38(27-35(41)37(8)36-31(6)20-17-21-32(36)7)23-14-15-25-39(11-3,24-13-10-2)28-33(40)26-34-29(4)18-16-19-30(34)5;/h16-21H,9-15,22-28H2,1-8H3;1H/q+1;/p-1. The van der Waals surface area contributed by atoms with Crippen LogP contribution < -0.4 is 21.9 Å². The molecule has 2 rings (SSSR count). The number of likely N-dealkylation sites (N-methyl/N-ethyl adjacent to an activating group) is 2. The number of aryl methyl sites for hydroxylation is 4. The van der Waals surface area contributed by atoms with E-state index in [9.17, 15) is 9.59 Å². The van der Waals surface area contributed by atoms with Crippen LogP contribution in [0.3, 0.4) is 0 Å². The molecule has 1 atom stereocenters. The Labute approximate surface area is 268 Å². The molecule has 1 unspecified atom stereocenters. The number of hydrogen-bond donors (Lipinski definition) is 0. The van der Waals surface area contributed by atoms with Crippen molar-refractivity contribution in [3.63, 3.8) is 0 Å². The number of carbonyl (C=O) groups excluding carboxylic acids is 2. The second-order valence-corrected chi connectivity index (χ2v) is 12.2. The Kier molecular flexibility index (Phi) is 17.5. The number of nitrogens with zero attached hydrogens (tertiary/aromatic N) is 3. The molecular formula is C36H58BrN3O2. The van der Waals surface area contributed by atoms with Gasteiger partial charge in [-0.1, -0.05) is 63.1 Å². The Balaban J connectivity index is 0.00000882. The highest BCUT2D eigenvalue weighted by Crippen LogP contribution is 2.24. The number of ketones is 1. The number of carbonyl (C=O) groups is 2. The van der Waals surface area contributed by atoms with E-state index in [1.807, 2.05) is 18.0 Å². The number of para-hydroxylation sites is 1. The zero-order valence-corrected chi connectivity index (χ0v) is 29.5. The number of hydrogen-bond acceptors (Lipinski definition) is 3. The van der Waals surface area contributed by atoms with Crippen LogP contribution in [-0.4, -0.2) is 73.9 Å². The fourth-order valence-electron chi connectivity index (χ4n) is 6.14. The van der Waals surface area contributed by atoms with Gasteiger partial charge in [-0.25, -0.2) is 0 Å². The Morgan fingerprint density at radius 2 is 1.26 bits per heavy atom. The predicted molar refractivity (Wildman–Crippen MR) is 175 cm³/mol. The van der Waals surface area contributed by atoms with Crippen molar-refractivity contribution in [3.05, 3.63) is 64.2 Å². The topological polar surface area (TPSA) is 40.6 Å². The molecule has 0 aliphatic heterocycles. The van der Waals surface area contributed by atoms with Crippen LogP contribution in [0.2, 0.25) is 0 Å². The fourth-order valence-corrected chi connectivity index (χ4v) is 6.14. The Morgan fingerprint density at radius 1 is 0.738 bits per heavy atom. The Bertz CT molecular complexity index is 1080. The van der Waals surface area contributed by atoms with Crippen molar-refractivity contribution >= 4 is 17.4 Å². The van der Waals surface area contributed by atoms with Gasteiger partial charge in [-0.3, -0.25) is 14.5 Å². The highest BCUT2D eigenvalue weighted by molar-refractivity contribution is 5.95. The Morgan fingerprint density at radius 3 is 1.81 bits per heavy atom. The Hall–Kier alpha value is -2.02. The van der Waals surface area contributed by atoms with Gasteiger partial charge >= 0.3 is 0 Å². The van der Waals surface area contributed by atoms with E-state index in [0.29, 0.717) is 25.3 Å². The molecule has 0 N–H and O–H groups in total. The summed E-state index contributed by atoms with van der Waals surface area (Å²) < 4.78 is 0.876. The van der Waals surface area contributed by atoms with E-state index < -0.39 is 0 Å². The molecule has 0 bridgehead atoms. The fraction of sp³-hybridized carbons (Fsp3) is 0.611. The molecule has 0 radical (unpaired) electrons. The molecule has 236 valence electrons. The van der Waals surface area contributed by atoms with Crippen molar-refractivity contribution in [3.8, 4) is 0 Å². The van der Waals surface area contributed by atoms with E-state index in [4.69, 9.17) is 0 Å². The zero-order valence-electron chi connectivity index (χ0n) is 27.9. The molecule has 0 fully saturated rings. The molecule has 2 aromatic carbocycles. The average molecular weight is 645 g/mol. The van der Waals surface area contributed by atoms with Crippen molar-refractivity contribution < 1.29 is 31.1 Å². The molecule has 0 saturated heterocycles. The van der Waals surface area contributed by atoms with Crippen LogP contribution in [0.25, 0.3) is 0 Å². The van der Waals surface area contributed by atoms with Crippen molar-refractivity contribution in [1.82, 2.24) is 4.90 Å². The van der Waals surface area contributed by atoms with E-state index in [-0.39, 0.29) is 22.9 Å². The summed E-state index contributed by atoms with van der Waals surface area (Å²) in [6, 6.07) is 12.5. The van der Waals surface area contributed by atoms with Crippen LogP contribution in [0.1, 0.15) is 87.1 Å². The summed E-state index contributed by atoms with van der Waals surface area (Å²) >= 11 is 0. The molecule has 0 saturated carbocycles. The van der Waals surface area contributed by atoms with E-state index in [1.165, 1.54) is 16.7 Å². The van der Waals surface area contributed by atoms with Crippen LogP contribution in [0.5, 0.6) is 0 Å². The van der Waals surface area contributed by atoms with Crippen LogP contribution in [0.15, 0.2) is 36.4 Å². The van der Waals surface area contributed by atoms with Crippen molar-refractivity contribution in [1.29, 1.82) is 0 Å². The number of benzene rings is 2. The number of halogens is 1. The molecule has 2 aromatic rings. The van der Waals surface area contributed by atoms with Gasteiger partial charge < -0.3 is 26.4 Å². The maximum atomic E-state index is 13.4. The molecule has 0 aromatic heterocycles. The SMILES string of the molecule is CCCCN(CCCC[N+](CC)(CCCC)CC(=O)Cc1c(C)cccc1C)CC(=O)N(C)c1c(C)cccc1C.[Br-].